The summed E-state index contributed by atoms with van der Waals surface area (Å²) in [5, 5.41) is 8.55. The highest BCUT2D eigenvalue weighted by atomic mass is 35.5. The van der Waals surface area contributed by atoms with Crippen molar-refractivity contribution in [2.75, 3.05) is 0 Å². The van der Waals surface area contributed by atoms with E-state index in [0.717, 1.165) is 0 Å². The van der Waals surface area contributed by atoms with Gasteiger partial charge in [0.25, 0.3) is 6.43 Å². The highest BCUT2D eigenvalue weighted by molar-refractivity contribution is 6.30. The predicted octanol–water partition coefficient (Wildman–Crippen LogP) is 1.62. The van der Waals surface area contributed by atoms with E-state index >= 15 is 0 Å². The van der Waals surface area contributed by atoms with Crippen LogP contribution in [0.5, 0.6) is 0 Å². The summed E-state index contributed by atoms with van der Waals surface area (Å²) < 4.78 is 24.9. The standard InChI is InChI=1S/C8H9ClF2N2O/c9-7-6(8(10)11)4(3-14)1-5(2-12)13-7/h1,8,14H,2-3,12H2. The van der Waals surface area contributed by atoms with Crippen LogP contribution in [0.4, 0.5) is 8.78 Å². The molecule has 0 unspecified atom stereocenters. The maximum absolute atomic E-state index is 12.4. The Balaban J connectivity index is 3.27. The summed E-state index contributed by atoms with van der Waals surface area (Å²) >= 11 is 5.53. The molecule has 0 aliphatic heterocycles. The van der Waals surface area contributed by atoms with Gasteiger partial charge in [-0.1, -0.05) is 11.6 Å². The lowest BCUT2D eigenvalue weighted by Crippen LogP contribution is -2.05. The van der Waals surface area contributed by atoms with Gasteiger partial charge in [-0.25, -0.2) is 13.8 Å². The third kappa shape index (κ3) is 2.17. The monoisotopic (exact) mass is 222 g/mol. The van der Waals surface area contributed by atoms with E-state index in [1.165, 1.54) is 6.07 Å². The van der Waals surface area contributed by atoms with Gasteiger partial charge in [0.15, 0.2) is 0 Å². The number of hydrogen-bond acceptors (Lipinski definition) is 3. The Labute approximate surface area is 84.5 Å². The molecule has 1 aromatic heterocycles. The number of alkyl halides is 2. The van der Waals surface area contributed by atoms with Crippen LogP contribution in [-0.2, 0) is 13.2 Å². The highest BCUT2D eigenvalue weighted by Crippen LogP contribution is 2.29. The first-order valence-corrected chi connectivity index (χ1v) is 4.25. The second-order valence-corrected chi connectivity index (χ2v) is 3.00. The van der Waals surface area contributed by atoms with Crippen LogP contribution >= 0.6 is 11.6 Å². The molecule has 0 spiro atoms. The third-order valence-corrected chi connectivity index (χ3v) is 2.04. The molecule has 1 heterocycles. The summed E-state index contributed by atoms with van der Waals surface area (Å²) in [6.45, 7) is -0.412. The van der Waals surface area contributed by atoms with Gasteiger partial charge in [-0.3, -0.25) is 0 Å². The average molecular weight is 223 g/mol. The Kier molecular flexibility index (Phi) is 3.74. The van der Waals surface area contributed by atoms with Gasteiger partial charge in [0, 0.05) is 6.54 Å². The van der Waals surface area contributed by atoms with Gasteiger partial charge in [0.05, 0.1) is 17.9 Å². The second-order valence-electron chi connectivity index (χ2n) is 2.64. The molecular formula is C8H9ClF2N2O. The summed E-state index contributed by atoms with van der Waals surface area (Å²) in [4.78, 5) is 3.67. The number of nitrogens with zero attached hydrogens (tertiary/aromatic N) is 1. The van der Waals surface area contributed by atoms with E-state index in [9.17, 15) is 8.78 Å². The summed E-state index contributed by atoms with van der Waals surface area (Å²) in [5.74, 6) is 0. The van der Waals surface area contributed by atoms with Crippen molar-refractivity contribution >= 4 is 11.6 Å². The maximum Gasteiger partial charge on any atom is 0.267 e. The predicted molar refractivity (Wildman–Crippen MR) is 48.0 cm³/mol. The lowest BCUT2D eigenvalue weighted by Gasteiger charge is -2.09. The molecule has 0 aromatic carbocycles. The molecule has 6 heteroatoms. The molecule has 0 bridgehead atoms. The van der Waals surface area contributed by atoms with Gasteiger partial charge in [-0.2, -0.15) is 0 Å². The van der Waals surface area contributed by atoms with Crippen LogP contribution in [0.2, 0.25) is 5.15 Å². The highest BCUT2D eigenvalue weighted by Gasteiger charge is 2.18. The maximum atomic E-state index is 12.4. The van der Waals surface area contributed by atoms with E-state index < -0.39 is 18.6 Å². The van der Waals surface area contributed by atoms with E-state index in [0.29, 0.717) is 5.69 Å². The zero-order chi connectivity index (χ0) is 10.7. The Morgan fingerprint density at radius 3 is 2.64 bits per heavy atom. The number of hydrogen-bond donors (Lipinski definition) is 2. The molecular weight excluding hydrogens is 214 g/mol. The van der Waals surface area contributed by atoms with Crippen LogP contribution in [0.25, 0.3) is 0 Å². The van der Waals surface area contributed by atoms with Crippen molar-refractivity contribution in [3.63, 3.8) is 0 Å². The van der Waals surface area contributed by atoms with Crippen molar-refractivity contribution in [3.8, 4) is 0 Å². The molecule has 3 N–H and O–H groups in total. The number of aliphatic hydroxyl groups excluding tert-OH is 1. The normalized spacial score (nSPS) is 11.0. The minimum absolute atomic E-state index is 0.0699. The number of rotatable bonds is 3. The minimum atomic E-state index is -2.75. The van der Waals surface area contributed by atoms with Crippen LogP contribution in [0.15, 0.2) is 6.07 Å². The van der Waals surface area contributed by atoms with E-state index in [2.05, 4.69) is 4.98 Å². The second kappa shape index (κ2) is 4.63. The molecule has 0 atom stereocenters. The van der Waals surface area contributed by atoms with Crippen LogP contribution in [-0.4, -0.2) is 10.1 Å². The molecule has 14 heavy (non-hydrogen) atoms. The number of aliphatic hydroxyl groups is 1. The number of aromatic nitrogens is 1. The van der Waals surface area contributed by atoms with Crippen molar-refractivity contribution < 1.29 is 13.9 Å². The Morgan fingerprint density at radius 2 is 2.21 bits per heavy atom. The fraction of sp³-hybridized carbons (Fsp3) is 0.375. The topological polar surface area (TPSA) is 59.1 Å². The largest absolute Gasteiger partial charge is 0.392 e. The molecule has 0 amide bonds. The first-order chi connectivity index (χ1) is 6.60. The Hall–Kier alpha value is -0.780. The molecule has 0 aliphatic rings. The molecule has 1 rings (SSSR count). The molecule has 0 radical (unpaired) electrons. The summed E-state index contributed by atoms with van der Waals surface area (Å²) in [7, 11) is 0. The number of halogens is 3. The van der Waals surface area contributed by atoms with Crippen LogP contribution in [0, 0.1) is 0 Å². The van der Waals surface area contributed by atoms with Crippen LogP contribution in [0.3, 0.4) is 0 Å². The van der Waals surface area contributed by atoms with Crippen LogP contribution < -0.4 is 5.73 Å². The Morgan fingerprint density at radius 1 is 1.57 bits per heavy atom. The van der Waals surface area contributed by atoms with Gasteiger partial charge in [0.1, 0.15) is 5.15 Å². The van der Waals surface area contributed by atoms with E-state index in [1.54, 1.807) is 0 Å². The van der Waals surface area contributed by atoms with E-state index in [1.807, 2.05) is 0 Å². The van der Waals surface area contributed by atoms with E-state index in [-0.39, 0.29) is 17.3 Å². The van der Waals surface area contributed by atoms with Gasteiger partial charge in [-0.15, -0.1) is 0 Å². The van der Waals surface area contributed by atoms with Crippen molar-refractivity contribution in [2.24, 2.45) is 5.73 Å². The van der Waals surface area contributed by atoms with Gasteiger partial charge in [0.2, 0.25) is 0 Å². The zero-order valence-corrected chi connectivity index (χ0v) is 7.93. The van der Waals surface area contributed by atoms with Crippen molar-refractivity contribution in [1.82, 2.24) is 4.98 Å². The van der Waals surface area contributed by atoms with Crippen LogP contribution in [0.1, 0.15) is 23.2 Å². The smallest absolute Gasteiger partial charge is 0.267 e. The fourth-order valence-electron chi connectivity index (χ4n) is 1.10. The molecule has 1 aromatic rings. The average Bonchev–Trinajstić information content (AvgIpc) is 2.15. The molecule has 0 fully saturated rings. The van der Waals surface area contributed by atoms with Crippen molar-refractivity contribution in [3.05, 3.63) is 28.0 Å². The SMILES string of the molecule is NCc1cc(CO)c(C(F)F)c(Cl)n1. The summed E-state index contributed by atoms with van der Waals surface area (Å²) in [6.07, 6.45) is -2.75. The lowest BCUT2D eigenvalue weighted by molar-refractivity contribution is 0.146. The van der Waals surface area contributed by atoms with Crippen molar-refractivity contribution in [1.29, 1.82) is 0 Å². The zero-order valence-electron chi connectivity index (χ0n) is 7.17. The molecule has 78 valence electrons. The summed E-state index contributed by atoms with van der Waals surface area (Å²) in [5.41, 5.74) is 5.30. The van der Waals surface area contributed by atoms with Crippen molar-refractivity contribution in [2.45, 2.75) is 19.6 Å². The van der Waals surface area contributed by atoms with Gasteiger partial charge < -0.3 is 10.8 Å². The van der Waals surface area contributed by atoms with E-state index in [4.69, 9.17) is 22.4 Å². The molecule has 0 aliphatic carbocycles. The Bertz CT molecular complexity index is 333. The molecule has 0 saturated carbocycles. The number of nitrogens with two attached hydrogens (primary N) is 1. The lowest BCUT2D eigenvalue weighted by atomic mass is 10.1. The fourth-order valence-corrected chi connectivity index (χ4v) is 1.41. The van der Waals surface area contributed by atoms with Gasteiger partial charge in [-0.05, 0) is 11.6 Å². The first kappa shape index (κ1) is 11.3. The first-order valence-electron chi connectivity index (χ1n) is 3.87. The number of pyridine rings is 1. The molecule has 0 saturated heterocycles. The quantitative estimate of drug-likeness (QED) is 0.765. The minimum Gasteiger partial charge on any atom is -0.392 e. The summed E-state index contributed by atoms with van der Waals surface area (Å²) in [6, 6.07) is 1.33. The van der Waals surface area contributed by atoms with Gasteiger partial charge >= 0.3 is 0 Å². The third-order valence-electron chi connectivity index (χ3n) is 1.75. The molecule has 3 nitrogen and oxygen atoms in total.